The normalized spacial score (nSPS) is 13.8. The fraction of sp³-hybridized carbons (Fsp3) is 0.909. The summed E-state index contributed by atoms with van der Waals surface area (Å²) in [6, 6.07) is -1.13. The van der Waals surface area contributed by atoms with Crippen LogP contribution in [0.4, 0.5) is 0 Å². The molecule has 0 aromatic carbocycles. The standard InChI is InChI=1S/C8H18O.C3H7NO3/c1-7(2,3)9-8(4,5)6;4-2(1-5)3(6)7/h1-6H3;2,5H,1,4H2,(H,6,7)/t;2-/m.0/s1. The van der Waals surface area contributed by atoms with Crippen molar-refractivity contribution >= 4 is 5.97 Å². The first-order valence-corrected chi connectivity index (χ1v) is 5.18. The van der Waals surface area contributed by atoms with Gasteiger partial charge in [-0.3, -0.25) is 4.79 Å². The van der Waals surface area contributed by atoms with Crippen molar-refractivity contribution in [3.05, 3.63) is 0 Å². The molecule has 0 fully saturated rings. The number of hydrogen-bond donors (Lipinski definition) is 3. The summed E-state index contributed by atoms with van der Waals surface area (Å²) in [5.74, 6) is -1.18. The second-order valence-electron chi connectivity index (χ2n) is 5.45. The molecule has 0 aliphatic heterocycles. The predicted molar refractivity (Wildman–Crippen MR) is 63.3 cm³/mol. The maximum absolute atomic E-state index is 9.65. The number of aliphatic carboxylic acids is 1. The van der Waals surface area contributed by atoms with Crippen LogP contribution < -0.4 is 5.73 Å². The molecule has 0 saturated heterocycles. The van der Waals surface area contributed by atoms with Crippen LogP contribution >= 0.6 is 0 Å². The van der Waals surface area contributed by atoms with E-state index in [1.807, 2.05) is 0 Å². The van der Waals surface area contributed by atoms with Crippen molar-refractivity contribution < 1.29 is 19.7 Å². The summed E-state index contributed by atoms with van der Waals surface area (Å²) in [7, 11) is 0. The molecule has 5 heteroatoms. The largest absolute Gasteiger partial charge is 0.480 e. The van der Waals surface area contributed by atoms with Crippen LogP contribution in [0.25, 0.3) is 0 Å². The first-order valence-electron chi connectivity index (χ1n) is 5.18. The van der Waals surface area contributed by atoms with E-state index in [1.54, 1.807) is 0 Å². The molecule has 0 unspecified atom stereocenters. The second-order valence-corrected chi connectivity index (χ2v) is 5.45. The minimum Gasteiger partial charge on any atom is -0.480 e. The number of aliphatic hydroxyl groups excluding tert-OH is 1. The molecule has 0 aliphatic carbocycles. The van der Waals surface area contributed by atoms with Gasteiger partial charge in [0.1, 0.15) is 6.04 Å². The van der Waals surface area contributed by atoms with Crippen LogP contribution in [-0.4, -0.2) is 40.0 Å². The molecule has 5 nitrogen and oxygen atoms in total. The van der Waals surface area contributed by atoms with E-state index >= 15 is 0 Å². The van der Waals surface area contributed by atoms with Crippen molar-refractivity contribution in [2.75, 3.05) is 6.61 Å². The van der Waals surface area contributed by atoms with E-state index in [2.05, 4.69) is 41.5 Å². The van der Waals surface area contributed by atoms with Gasteiger partial charge < -0.3 is 20.7 Å². The molecule has 0 bridgehead atoms. The summed E-state index contributed by atoms with van der Waals surface area (Å²) < 4.78 is 5.62. The van der Waals surface area contributed by atoms with Crippen LogP contribution in [0, 0.1) is 0 Å². The van der Waals surface area contributed by atoms with E-state index in [4.69, 9.17) is 20.7 Å². The highest BCUT2D eigenvalue weighted by Gasteiger charge is 2.19. The van der Waals surface area contributed by atoms with Crippen LogP contribution in [0.5, 0.6) is 0 Å². The van der Waals surface area contributed by atoms with Gasteiger partial charge in [0, 0.05) is 0 Å². The van der Waals surface area contributed by atoms with Gasteiger partial charge in [-0.05, 0) is 41.5 Å². The molecule has 0 heterocycles. The minimum atomic E-state index is -1.18. The smallest absolute Gasteiger partial charge is 0.322 e. The molecule has 98 valence electrons. The summed E-state index contributed by atoms with van der Waals surface area (Å²) in [6.07, 6.45) is 0. The monoisotopic (exact) mass is 235 g/mol. The molecule has 0 amide bonds. The topological polar surface area (TPSA) is 92.8 Å². The molecule has 0 aliphatic rings. The highest BCUT2D eigenvalue weighted by Crippen LogP contribution is 2.17. The zero-order valence-electron chi connectivity index (χ0n) is 11.1. The average molecular weight is 235 g/mol. The average Bonchev–Trinajstić information content (AvgIpc) is 1.96. The first-order chi connectivity index (χ1) is 6.89. The number of nitrogens with two attached hydrogens (primary N) is 1. The zero-order valence-corrected chi connectivity index (χ0v) is 11.1. The Balaban J connectivity index is 0. The Morgan fingerprint density at radius 1 is 1.19 bits per heavy atom. The van der Waals surface area contributed by atoms with Crippen LogP contribution in [0.15, 0.2) is 0 Å². The van der Waals surface area contributed by atoms with Crippen molar-refractivity contribution in [2.45, 2.75) is 58.8 Å². The molecular formula is C11H25NO4. The summed E-state index contributed by atoms with van der Waals surface area (Å²) in [4.78, 5) is 9.65. The molecular weight excluding hydrogens is 210 g/mol. The Kier molecular flexibility index (Phi) is 7.57. The van der Waals surface area contributed by atoms with Gasteiger partial charge in [-0.15, -0.1) is 0 Å². The van der Waals surface area contributed by atoms with Gasteiger partial charge in [-0.25, -0.2) is 0 Å². The number of ether oxygens (including phenoxy) is 1. The van der Waals surface area contributed by atoms with Crippen LogP contribution in [0.3, 0.4) is 0 Å². The van der Waals surface area contributed by atoms with Crippen LogP contribution in [0.1, 0.15) is 41.5 Å². The molecule has 0 rings (SSSR count). The fourth-order valence-electron chi connectivity index (χ4n) is 0.997. The van der Waals surface area contributed by atoms with E-state index in [-0.39, 0.29) is 11.2 Å². The molecule has 0 aromatic heterocycles. The Bertz CT molecular complexity index is 191. The van der Waals surface area contributed by atoms with Gasteiger partial charge in [0.25, 0.3) is 0 Å². The summed E-state index contributed by atoms with van der Waals surface area (Å²) >= 11 is 0. The maximum atomic E-state index is 9.65. The van der Waals surface area contributed by atoms with Crippen molar-refractivity contribution in [1.29, 1.82) is 0 Å². The molecule has 1 atom stereocenters. The third-order valence-electron chi connectivity index (χ3n) is 1.13. The Hall–Kier alpha value is -0.650. The quantitative estimate of drug-likeness (QED) is 0.663. The molecule has 0 spiro atoms. The Morgan fingerprint density at radius 3 is 1.50 bits per heavy atom. The van der Waals surface area contributed by atoms with Gasteiger partial charge in [0.15, 0.2) is 0 Å². The number of carbonyl (C=O) groups is 1. The molecule has 0 aromatic rings. The van der Waals surface area contributed by atoms with Gasteiger partial charge >= 0.3 is 5.97 Å². The van der Waals surface area contributed by atoms with Crippen molar-refractivity contribution in [3.63, 3.8) is 0 Å². The highest BCUT2D eigenvalue weighted by molar-refractivity contribution is 5.73. The lowest BCUT2D eigenvalue weighted by molar-refractivity contribution is -0.139. The maximum Gasteiger partial charge on any atom is 0.322 e. The Labute approximate surface area is 97.6 Å². The lowest BCUT2D eigenvalue weighted by atomic mass is 10.1. The van der Waals surface area contributed by atoms with E-state index in [0.717, 1.165) is 0 Å². The number of hydrogen-bond acceptors (Lipinski definition) is 4. The van der Waals surface area contributed by atoms with Gasteiger partial charge in [-0.1, -0.05) is 0 Å². The van der Waals surface area contributed by atoms with E-state index in [0.29, 0.717) is 0 Å². The lowest BCUT2D eigenvalue weighted by Gasteiger charge is -2.30. The first kappa shape index (κ1) is 17.7. The number of aliphatic hydroxyl groups is 1. The van der Waals surface area contributed by atoms with Crippen molar-refractivity contribution in [1.82, 2.24) is 0 Å². The van der Waals surface area contributed by atoms with E-state index in [9.17, 15) is 4.79 Å². The minimum absolute atomic E-state index is 0.0156. The van der Waals surface area contributed by atoms with Crippen LogP contribution in [-0.2, 0) is 9.53 Å². The summed E-state index contributed by atoms with van der Waals surface area (Å²) in [5, 5.41) is 15.9. The van der Waals surface area contributed by atoms with Gasteiger partial charge in [0.2, 0.25) is 0 Å². The Morgan fingerprint density at radius 2 is 1.50 bits per heavy atom. The predicted octanol–water partition coefficient (Wildman–Crippen LogP) is 0.991. The summed E-state index contributed by atoms with van der Waals surface area (Å²) in [6.45, 7) is 11.9. The highest BCUT2D eigenvalue weighted by atomic mass is 16.5. The lowest BCUT2D eigenvalue weighted by Crippen LogP contribution is -2.33. The molecule has 0 radical (unpaired) electrons. The molecule has 16 heavy (non-hydrogen) atoms. The van der Waals surface area contributed by atoms with Crippen molar-refractivity contribution in [2.24, 2.45) is 5.73 Å². The van der Waals surface area contributed by atoms with Gasteiger partial charge in [0.05, 0.1) is 17.8 Å². The number of carboxylic acids is 1. The van der Waals surface area contributed by atoms with E-state index in [1.165, 1.54) is 0 Å². The van der Waals surface area contributed by atoms with Gasteiger partial charge in [-0.2, -0.15) is 0 Å². The zero-order chi connectivity index (χ0) is 13.6. The fourth-order valence-corrected chi connectivity index (χ4v) is 0.997. The molecule has 4 N–H and O–H groups in total. The SMILES string of the molecule is CC(C)(C)OC(C)(C)C.N[C@@H](CO)C(=O)O. The third kappa shape index (κ3) is 15.8. The number of carboxylic acid groups (broad SMARTS) is 1. The van der Waals surface area contributed by atoms with E-state index < -0.39 is 18.6 Å². The van der Waals surface area contributed by atoms with Crippen molar-refractivity contribution in [3.8, 4) is 0 Å². The second kappa shape index (κ2) is 6.83. The van der Waals surface area contributed by atoms with Crippen LogP contribution in [0.2, 0.25) is 0 Å². The third-order valence-corrected chi connectivity index (χ3v) is 1.13. The molecule has 0 saturated carbocycles. The summed E-state index contributed by atoms with van der Waals surface area (Å²) in [5.41, 5.74) is 4.73. The number of rotatable bonds is 2.